The average molecular weight is 1450 g/mol. The number of aryl methyl sites for hydroxylation is 2. The number of rotatable bonds is 38. The molecule has 570 valence electrons. The Morgan fingerprint density at radius 1 is 0.529 bits per heavy atom. The van der Waals surface area contributed by atoms with Gasteiger partial charge in [0.1, 0.15) is 70.2 Å². The molecule has 0 aliphatic rings. The number of nitrogens with two attached hydrogens (primary N) is 1. The van der Waals surface area contributed by atoms with E-state index < -0.39 is 119 Å². The van der Waals surface area contributed by atoms with Crippen LogP contribution in [0.4, 0.5) is 4.79 Å². The van der Waals surface area contributed by atoms with Gasteiger partial charge >= 0.3 is 12.1 Å². The molecule has 104 heavy (non-hydrogen) atoms. The minimum Gasteiger partial charge on any atom is -0.497 e. The summed E-state index contributed by atoms with van der Waals surface area (Å²) in [6, 6.07) is 24.4. The second-order valence-corrected chi connectivity index (χ2v) is 29.3. The first kappa shape index (κ1) is 85.2. The largest absolute Gasteiger partial charge is 0.497 e. The van der Waals surface area contributed by atoms with Crippen LogP contribution in [0.1, 0.15) is 163 Å². The van der Waals surface area contributed by atoms with Gasteiger partial charge in [-0.1, -0.05) is 61.5 Å². The van der Waals surface area contributed by atoms with Crippen LogP contribution >= 0.6 is 0 Å². The molecule has 9 N–H and O–H groups in total. The molecular weight excluding hydrogens is 1330 g/mol. The van der Waals surface area contributed by atoms with Crippen molar-refractivity contribution in [1.29, 1.82) is 0 Å². The van der Waals surface area contributed by atoms with Crippen molar-refractivity contribution in [2.24, 2.45) is 5.73 Å². The van der Waals surface area contributed by atoms with Gasteiger partial charge in [-0.05, 0) is 210 Å². The number of methoxy groups -OCH3 is 3. The van der Waals surface area contributed by atoms with E-state index in [0.29, 0.717) is 90.7 Å². The number of unbranched alkanes of at least 4 members (excludes halogenated alkanes) is 1. The van der Waals surface area contributed by atoms with Crippen molar-refractivity contribution in [2.45, 2.75) is 213 Å². The molecule has 0 aliphatic carbocycles. The van der Waals surface area contributed by atoms with Gasteiger partial charge in [-0.3, -0.25) is 33.6 Å². The fourth-order valence-corrected chi connectivity index (χ4v) is 10.8. The van der Waals surface area contributed by atoms with Crippen LogP contribution in [-0.2, 0) is 71.8 Å². The van der Waals surface area contributed by atoms with Gasteiger partial charge in [0.15, 0.2) is 6.61 Å². The molecule has 7 atom stereocenters. The highest BCUT2D eigenvalue weighted by atomic mass is 16.6. The van der Waals surface area contributed by atoms with Gasteiger partial charge in [-0.2, -0.15) is 0 Å². The van der Waals surface area contributed by atoms with Gasteiger partial charge in [0.25, 0.3) is 5.91 Å². The third-order valence-corrected chi connectivity index (χ3v) is 16.0. The monoisotopic (exact) mass is 1440 g/mol. The van der Waals surface area contributed by atoms with Crippen molar-refractivity contribution in [2.75, 3.05) is 54.7 Å². The summed E-state index contributed by atoms with van der Waals surface area (Å²) in [7, 11) is 6.10. The smallest absolute Gasteiger partial charge is 0.407 e. The molecule has 25 heteroatoms. The lowest BCUT2D eigenvalue weighted by Gasteiger charge is -2.31. The predicted octanol–water partition coefficient (Wildman–Crippen LogP) is 9.24. The van der Waals surface area contributed by atoms with Crippen molar-refractivity contribution >= 4 is 47.5 Å². The van der Waals surface area contributed by atoms with Gasteiger partial charge in [0.05, 0.1) is 64.3 Å². The number of benzene rings is 5. The van der Waals surface area contributed by atoms with Crippen LogP contribution < -0.4 is 66.6 Å². The lowest BCUT2D eigenvalue weighted by Crippen LogP contribution is -2.61. The van der Waals surface area contributed by atoms with Crippen molar-refractivity contribution in [3.05, 3.63) is 137 Å². The molecule has 0 radical (unpaired) electrons. The standard InChI is InChI=1S/C79H112N8O17/c1-19-52-44-57(96-16)37-39-59(52)53-29-25-51(26-30-53)43-62(84-72(92)63(46-67(89)103-78(9,10)11)85-73(93)64(47-101-76(3,4)5)86-74(94)68(80)49(2)102-77(6,7)8)71(91)83-61(24-22-23-50-27-33-55(34-28-50)99-42-21-20-41-82-75(95)104-79(12,13)14)70(90)87-69(60-40-38-58(97-17)45-65(60)98-18)54-31-35-56(36-32-54)100-48-66(88)81-15/h25-40,44-45,49,61-64,68-69H,19-24,41-43,46-48,80H2,1-18H3,(H,81,88)(H,82,95)(H,83,91)(H,84,92)(H,85,93)(H,86,94)(H,87,90)/t49-,61+,62+,63?,64?,68+,69?/m1/s1. The number of hydrogen-bond acceptors (Lipinski definition) is 18. The lowest BCUT2D eigenvalue weighted by molar-refractivity contribution is -0.157. The normalized spacial score (nSPS) is 13.7. The molecule has 0 spiro atoms. The maximum Gasteiger partial charge on any atom is 0.407 e. The van der Waals surface area contributed by atoms with E-state index in [1.165, 1.54) is 21.3 Å². The zero-order valence-electron chi connectivity index (χ0n) is 63.9. The fourth-order valence-electron chi connectivity index (χ4n) is 10.8. The van der Waals surface area contributed by atoms with Gasteiger partial charge < -0.3 is 85.6 Å². The zero-order valence-corrected chi connectivity index (χ0v) is 63.9. The van der Waals surface area contributed by atoms with Crippen LogP contribution in [0, 0.1) is 0 Å². The molecule has 0 fully saturated rings. The van der Waals surface area contributed by atoms with Crippen LogP contribution in [0.15, 0.2) is 109 Å². The Labute approximate surface area is 613 Å². The number of nitrogens with one attached hydrogen (secondary N) is 7. The number of likely N-dealkylation sites (N-methyl/N-ethyl adjacent to an activating group) is 1. The molecule has 7 amide bonds. The first-order valence-corrected chi connectivity index (χ1v) is 35.3. The van der Waals surface area contributed by atoms with Gasteiger partial charge in [-0.25, -0.2) is 4.79 Å². The summed E-state index contributed by atoms with van der Waals surface area (Å²) in [4.78, 5) is 113. The Morgan fingerprint density at radius 3 is 1.67 bits per heavy atom. The molecule has 0 heterocycles. The highest BCUT2D eigenvalue weighted by Gasteiger charge is 2.37. The van der Waals surface area contributed by atoms with Crippen molar-refractivity contribution in [3.8, 4) is 39.9 Å². The Morgan fingerprint density at radius 2 is 1.08 bits per heavy atom. The zero-order chi connectivity index (χ0) is 77.1. The van der Waals surface area contributed by atoms with Crippen LogP contribution in [0.25, 0.3) is 11.1 Å². The van der Waals surface area contributed by atoms with Crippen LogP contribution in [0.2, 0.25) is 0 Å². The molecule has 3 unspecified atom stereocenters. The minimum absolute atomic E-state index is 0.0503. The fraction of sp³-hybridized carbons (Fsp3) is 0.519. The summed E-state index contributed by atoms with van der Waals surface area (Å²) in [5.74, 6) is -2.81. The van der Waals surface area contributed by atoms with Crippen molar-refractivity contribution < 1.29 is 81.0 Å². The first-order chi connectivity index (χ1) is 48.9. The Bertz CT molecular complexity index is 3620. The summed E-state index contributed by atoms with van der Waals surface area (Å²) in [6.07, 6.45) is 0.662. The van der Waals surface area contributed by atoms with Gasteiger partial charge in [0, 0.05) is 31.6 Å². The second-order valence-electron chi connectivity index (χ2n) is 29.3. The number of carbonyl (C=O) groups excluding carboxylic acids is 8. The predicted molar refractivity (Wildman–Crippen MR) is 398 cm³/mol. The lowest BCUT2D eigenvalue weighted by atomic mass is 9.95. The molecule has 5 rings (SSSR count). The number of amides is 7. The highest BCUT2D eigenvalue weighted by Crippen LogP contribution is 2.35. The molecule has 0 saturated heterocycles. The molecule has 0 aromatic heterocycles. The first-order valence-electron chi connectivity index (χ1n) is 35.3. The number of esters is 1. The van der Waals surface area contributed by atoms with Crippen LogP contribution in [0.3, 0.4) is 0 Å². The molecular formula is C79H112N8O17. The minimum atomic E-state index is -1.74. The van der Waals surface area contributed by atoms with Crippen LogP contribution in [0.5, 0.6) is 28.7 Å². The molecule has 25 nitrogen and oxygen atoms in total. The second kappa shape index (κ2) is 40.0. The summed E-state index contributed by atoms with van der Waals surface area (Å²) in [6.45, 7) is 24.9. The highest BCUT2D eigenvalue weighted by molar-refractivity contribution is 5.97. The molecule has 0 aliphatic heterocycles. The number of hydrogen-bond donors (Lipinski definition) is 8. The summed E-state index contributed by atoms with van der Waals surface area (Å²) >= 11 is 0. The van der Waals surface area contributed by atoms with E-state index in [9.17, 15) is 24.0 Å². The average Bonchev–Trinajstić information content (AvgIpc) is 0.810. The van der Waals surface area contributed by atoms with Gasteiger partial charge in [0.2, 0.25) is 29.5 Å². The molecule has 5 aromatic rings. The molecule has 0 saturated carbocycles. The molecule has 0 bridgehead atoms. The Hall–Kier alpha value is -9.46. The van der Waals surface area contributed by atoms with E-state index in [0.717, 1.165) is 22.3 Å². The maximum absolute atomic E-state index is 15.7. The molecule has 5 aromatic carbocycles. The summed E-state index contributed by atoms with van der Waals surface area (Å²) in [5, 5.41) is 19.7. The van der Waals surface area contributed by atoms with E-state index in [1.807, 2.05) is 73.7 Å². The quantitative estimate of drug-likeness (QED) is 0.0135. The topological polar surface area (TPSA) is 330 Å². The maximum atomic E-state index is 15.7. The van der Waals surface area contributed by atoms with Crippen molar-refractivity contribution in [1.82, 2.24) is 37.2 Å². The van der Waals surface area contributed by atoms with E-state index >= 15 is 14.4 Å². The SMILES string of the molecule is CCc1cc(OC)ccc1-c1ccc(C[C@H](NC(=O)C(CC(=O)OC(C)(C)C)NC(=O)C(COC(C)(C)C)NC(=O)[C@@H](N)[C@@H](C)OC(C)(C)C)C(=O)N[C@@H](CCCc2ccc(OCCCCNC(=O)OC(C)(C)C)cc2)C(=O)NC(c2ccc(OCC(=O)NC)cc2)c2ccc(OC)cc2OC)cc1. The van der Waals surface area contributed by atoms with Crippen molar-refractivity contribution in [3.63, 3.8) is 0 Å². The number of carbonyl (C=O) groups is 8. The van der Waals surface area contributed by atoms with E-state index in [-0.39, 0.29) is 25.4 Å². The van der Waals surface area contributed by atoms with E-state index in [1.54, 1.807) is 140 Å². The third kappa shape index (κ3) is 29.7. The van der Waals surface area contributed by atoms with Crippen LogP contribution in [-0.4, -0.2) is 161 Å². The summed E-state index contributed by atoms with van der Waals surface area (Å²) < 4.78 is 51.8. The van der Waals surface area contributed by atoms with E-state index in [2.05, 4.69) is 37.2 Å². The third-order valence-electron chi connectivity index (χ3n) is 16.0. The summed E-state index contributed by atoms with van der Waals surface area (Å²) in [5.41, 5.74) is 8.66. The number of ether oxygens (including phenoxy) is 9. The van der Waals surface area contributed by atoms with Gasteiger partial charge in [-0.15, -0.1) is 0 Å². The number of alkyl carbamates (subject to hydrolysis) is 1. The van der Waals surface area contributed by atoms with E-state index in [4.69, 9.17) is 48.4 Å². The Balaban J connectivity index is 1.59. The Kier molecular flexibility index (Phi) is 32.8.